The molecule has 1 saturated heterocycles. The van der Waals surface area contributed by atoms with Crippen molar-refractivity contribution in [2.75, 3.05) is 19.6 Å². The number of aliphatic hydroxyl groups excluding tert-OH is 1. The van der Waals surface area contributed by atoms with Crippen molar-refractivity contribution in [1.29, 1.82) is 0 Å². The number of hydrogen-bond donors (Lipinski definition) is 2. The zero-order valence-electron chi connectivity index (χ0n) is 11.8. The first-order chi connectivity index (χ1) is 8.55. The molecule has 0 spiro atoms. The monoisotopic (exact) mass is 255 g/mol. The lowest BCUT2D eigenvalue weighted by atomic mass is 9.98. The fourth-order valence-electron chi connectivity index (χ4n) is 3.51. The summed E-state index contributed by atoms with van der Waals surface area (Å²) in [5.74, 6) is 0.759. The fourth-order valence-corrected chi connectivity index (χ4v) is 3.51. The predicted octanol–water partition coefficient (Wildman–Crippen LogP) is 2.16. The number of aliphatic hydroxyl groups is 2. The van der Waals surface area contributed by atoms with Gasteiger partial charge in [0.1, 0.15) is 0 Å². The van der Waals surface area contributed by atoms with Crippen molar-refractivity contribution >= 4 is 0 Å². The largest absolute Gasteiger partial charge is 0.392 e. The van der Waals surface area contributed by atoms with Crippen LogP contribution >= 0.6 is 0 Å². The maximum Gasteiger partial charge on any atom is 0.0669 e. The molecule has 1 aliphatic heterocycles. The minimum absolute atomic E-state index is 0.170. The highest BCUT2D eigenvalue weighted by atomic mass is 16.3. The van der Waals surface area contributed by atoms with Crippen LogP contribution in [0.1, 0.15) is 58.3 Å². The van der Waals surface area contributed by atoms with Crippen LogP contribution in [0, 0.1) is 5.92 Å². The van der Waals surface area contributed by atoms with Gasteiger partial charge >= 0.3 is 0 Å². The summed E-state index contributed by atoms with van der Waals surface area (Å²) < 4.78 is 0. The third-order valence-corrected chi connectivity index (χ3v) is 4.71. The van der Waals surface area contributed by atoms with E-state index in [2.05, 4.69) is 4.90 Å². The van der Waals surface area contributed by atoms with Crippen molar-refractivity contribution in [1.82, 2.24) is 4.90 Å². The summed E-state index contributed by atoms with van der Waals surface area (Å²) in [6.45, 7) is 4.69. The van der Waals surface area contributed by atoms with Gasteiger partial charge in [0.25, 0.3) is 0 Å². The highest BCUT2D eigenvalue weighted by molar-refractivity contribution is 4.81. The molecule has 1 aliphatic carbocycles. The van der Waals surface area contributed by atoms with Crippen molar-refractivity contribution in [3.63, 3.8) is 0 Å². The Morgan fingerprint density at radius 1 is 1.17 bits per heavy atom. The van der Waals surface area contributed by atoms with Gasteiger partial charge in [0.15, 0.2) is 0 Å². The molecule has 106 valence electrons. The number of likely N-dealkylation sites (tertiary alicyclic amines) is 1. The van der Waals surface area contributed by atoms with Crippen LogP contribution in [0.2, 0.25) is 0 Å². The molecule has 0 aromatic heterocycles. The highest BCUT2D eigenvalue weighted by Gasteiger charge is 2.26. The summed E-state index contributed by atoms with van der Waals surface area (Å²) in [5, 5.41) is 20.2. The molecule has 3 nitrogen and oxygen atoms in total. The Morgan fingerprint density at radius 2 is 1.89 bits per heavy atom. The Bertz CT molecular complexity index is 249. The van der Waals surface area contributed by atoms with Gasteiger partial charge in [-0.15, -0.1) is 0 Å². The Labute approximate surface area is 111 Å². The topological polar surface area (TPSA) is 43.7 Å². The molecule has 3 heteroatoms. The van der Waals surface area contributed by atoms with Gasteiger partial charge < -0.3 is 15.1 Å². The third kappa shape index (κ3) is 4.52. The minimum Gasteiger partial charge on any atom is -0.392 e. The normalized spacial score (nSPS) is 33.5. The van der Waals surface area contributed by atoms with E-state index in [4.69, 9.17) is 0 Å². The molecule has 0 amide bonds. The Kier molecular flexibility index (Phi) is 5.05. The fraction of sp³-hybridized carbons (Fsp3) is 1.00. The number of β-amino-alcohol motifs (C(OH)–C–C–N with tert-alkyl or cyclic N) is 1. The van der Waals surface area contributed by atoms with Crippen molar-refractivity contribution in [3.05, 3.63) is 0 Å². The summed E-state index contributed by atoms with van der Waals surface area (Å²) in [5.41, 5.74) is -0.495. The molecule has 0 aromatic carbocycles. The van der Waals surface area contributed by atoms with Gasteiger partial charge in [-0.1, -0.05) is 25.7 Å². The molecular formula is C15H29NO2. The quantitative estimate of drug-likeness (QED) is 0.809. The summed E-state index contributed by atoms with van der Waals surface area (Å²) in [6.07, 6.45) is 8.91. The van der Waals surface area contributed by atoms with Crippen LogP contribution in [-0.4, -0.2) is 46.5 Å². The molecule has 2 N–H and O–H groups in total. The molecule has 1 saturated carbocycles. The molecule has 0 radical (unpaired) electrons. The smallest absolute Gasteiger partial charge is 0.0669 e. The lowest BCUT2D eigenvalue weighted by molar-refractivity contribution is 0.0410. The van der Waals surface area contributed by atoms with Crippen LogP contribution in [0.4, 0.5) is 0 Å². The first-order valence-electron chi connectivity index (χ1n) is 7.68. The van der Waals surface area contributed by atoms with Crippen LogP contribution in [-0.2, 0) is 0 Å². The zero-order valence-corrected chi connectivity index (χ0v) is 11.8. The molecule has 18 heavy (non-hydrogen) atoms. The molecule has 2 atom stereocenters. The van der Waals surface area contributed by atoms with E-state index in [1.54, 1.807) is 0 Å². The van der Waals surface area contributed by atoms with Crippen LogP contribution in [0.3, 0.4) is 0 Å². The lowest BCUT2D eigenvalue weighted by Gasteiger charge is -2.25. The van der Waals surface area contributed by atoms with Crippen molar-refractivity contribution in [3.8, 4) is 0 Å². The molecule has 1 heterocycles. The van der Waals surface area contributed by atoms with Crippen LogP contribution in [0.5, 0.6) is 0 Å². The number of hydrogen-bond acceptors (Lipinski definition) is 3. The number of rotatable bonds is 4. The molecule has 2 aliphatic rings. The SMILES string of the molecule is CC1(O)CCCN(CC(O)CC2CCCC2)CC1. The zero-order chi connectivity index (χ0) is 13.0. The van der Waals surface area contributed by atoms with Gasteiger partial charge in [-0.05, 0) is 45.1 Å². The Balaban J connectivity index is 1.71. The molecule has 2 fully saturated rings. The highest BCUT2D eigenvalue weighted by Crippen LogP contribution is 2.29. The van der Waals surface area contributed by atoms with Gasteiger partial charge in [0, 0.05) is 13.1 Å². The number of nitrogens with zero attached hydrogens (tertiary/aromatic N) is 1. The third-order valence-electron chi connectivity index (χ3n) is 4.71. The average Bonchev–Trinajstić information content (AvgIpc) is 2.72. The molecule has 2 rings (SSSR count). The van der Waals surface area contributed by atoms with E-state index in [1.165, 1.54) is 25.7 Å². The van der Waals surface area contributed by atoms with E-state index in [9.17, 15) is 10.2 Å². The summed E-state index contributed by atoms with van der Waals surface area (Å²) >= 11 is 0. The summed E-state index contributed by atoms with van der Waals surface area (Å²) in [4.78, 5) is 2.33. The van der Waals surface area contributed by atoms with E-state index in [1.807, 2.05) is 6.92 Å². The second-order valence-electron chi connectivity index (χ2n) is 6.69. The van der Waals surface area contributed by atoms with E-state index in [0.29, 0.717) is 0 Å². The van der Waals surface area contributed by atoms with Gasteiger partial charge in [0.2, 0.25) is 0 Å². The first kappa shape index (κ1) is 14.3. The van der Waals surface area contributed by atoms with Crippen molar-refractivity contribution in [2.45, 2.75) is 70.0 Å². The van der Waals surface area contributed by atoms with Gasteiger partial charge in [-0.3, -0.25) is 0 Å². The van der Waals surface area contributed by atoms with Gasteiger partial charge in [-0.25, -0.2) is 0 Å². The summed E-state index contributed by atoms with van der Waals surface area (Å²) in [6, 6.07) is 0. The Hall–Kier alpha value is -0.120. The van der Waals surface area contributed by atoms with Gasteiger partial charge in [0.05, 0.1) is 11.7 Å². The second-order valence-corrected chi connectivity index (χ2v) is 6.69. The molecule has 0 bridgehead atoms. The van der Waals surface area contributed by atoms with E-state index >= 15 is 0 Å². The van der Waals surface area contributed by atoms with E-state index in [0.717, 1.165) is 51.2 Å². The van der Waals surface area contributed by atoms with Crippen LogP contribution in [0.25, 0.3) is 0 Å². The summed E-state index contributed by atoms with van der Waals surface area (Å²) in [7, 11) is 0. The maximum absolute atomic E-state index is 10.2. The maximum atomic E-state index is 10.2. The standard InChI is InChI=1S/C15H29NO2/c1-15(18)7-4-9-16(10-8-15)12-14(17)11-13-5-2-3-6-13/h13-14,17-18H,2-12H2,1H3. The minimum atomic E-state index is -0.495. The van der Waals surface area contributed by atoms with Crippen molar-refractivity contribution in [2.24, 2.45) is 5.92 Å². The molecule has 0 aromatic rings. The Morgan fingerprint density at radius 3 is 2.61 bits per heavy atom. The molecule has 2 unspecified atom stereocenters. The lowest BCUT2D eigenvalue weighted by Crippen LogP contribution is -2.35. The van der Waals surface area contributed by atoms with E-state index < -0.39 is 5.60 Å². The van der Waals surface area contributed by atoms with Gasteiger partial charge in [-0.2, -0.15) is 0 Å². The average molecular weight is 255 g/mol. The van der Waals surface area contributed by atoms with Crippen molar-refractivity contribution < 1.29 is 10.2 Å². The first-order valence-corrected chi connectivity index (χ1v) is 7.68. The van der Waals surface area contributed by atoms with E-state index in [-0.39, 0.29) is 6.10 Å². The van der Waals surface area contributed by atoms with Crippen LogP contribution < -0.4 is 0 Å². The predicted molar refractivity (Wildman–Crippen MR) is 73.5 cm³/mol. The molecular weight excluding hydrogens is 226 g/mol. The van der Waals surface area contributed by atoms with Crippen LogP contribution in [0.15, 0.2) is 0 Å². The second kappa shape index (κ2) is 6.36.